The van der Waals surface area contributed by atoms with Gasteiger partial charge in [0.25, 0.3) is 0 Å². The molecule has 8 heteroatoms. The molecule has 0 unspecified atom stereocenters. The topological polar surface area (TPSA) is 95.8 Å². The van der Waals surface area contributed by atoms with Crippen molar-refractivity contribution in [2.24, 2.45) is 10.3 Å². The third kappa shape index (κ3) is 8.05. The fraction of sp³-hybridized carbons (Fsp3) is 0.231. The minimum absolute atomic E-state index is 0.458. The van der Waals surface area contributed by atoms with Crippen molar-refractivity contribution in [3.63, 3.8) is 0 Å². The zero-order valence-corrected chi connectivity index (χ0v) is 19.4. The van der Waals surface area contributed by atoms with Crippen molar-refractivity contribution in [2.75, 3.05) is 14.2 Å². The van der Waals surface area contributed by atoms with Crippen molar-refractivity contribution in [2.45, 2.75) is 25.7 Å². The second-order valence-electron chi connectivity index (χ2n) is 6.95. The van der Waals surface area contributed by atoms with Gasteiger partial charge in [0.2, 0.25) is 0 Å². The minimum Gasteiger partial charge on any atom is -0.497 e. The van der Waals surface area contributed by atoms with Crippen molar-refractivity contribution >= 4 is 23.4 Å². The largest absolute Gasteiger partial charge is 0.497 e. The van der Waals surface area contributed by atoms with Gasteiger partial charge in [-0.1, -0.05) is 22.5 Å². The smallest absolute Gasteiger partial charge is 0.445 e. The van der Waals surface area contributed by atoms with E-state index in [1.54, 1.807) is 74.9 Å². The van der Waals surface area contributed by atoms with E-state index in [1.807, 2.05) is 0 Å². The summed E-state index contributed by atoms with van der Waals surface area (Å²) in [6.07, 6.45) is 5.55. The molecule has 34 heavy (non-hydrogen) atoms. The molecule has 0 aliphatic rings. The molecule has 0 saturated heterocycles. The van der Waals surface area contributed by atoms with E-state index in [4.69, 9.17) is 19.1 Å². The van der Waals surface area contributed by atoms with Crippen LogP contribution in [-0.4, -0.2) is 37.6 Å². The Labute approximate surface area is 199 Å². The molecule has 0 spiro atoms. The number of allylic oxidation sites excluding steroid dienone is 2. The summed E-state index contributed by atoms with van der Waals surface area (Å²) in [4.78, 5) is 34.0. The molecule has 2 aromatic rings. The highest BCUT2D eigenvalue weighted by Crippen LogP contribution is 2.16. The van der Waals surface area contributed by atoms with Gasteiger partial charge in [-0.2, -0.15) is 0 Å². The van der Waals surface area contributed by atoms with Crippen molar-refractivity contribution in [1.82, 2.24) is 0 Å². The lowest BCUT2D eigenvalue weighted by atomic mass is 10.1. The number of benzene rings is 2. The molecule has 8 nitrogen and oxygen atoms in total. The Morgan fingerprint density at radius 1 is 0.706 bits per heavy atom. The van der Waals surface area contributed by atoms with E-state index in [9.17, 15) is 9.59 Å². The Kier molecular flexibility index (Phi) is 10.8. The fourth-order valence-electron chi connectivity index (χ4n) is 2.80. The Morgan fingerprint density at radius 2 is 1.06 bits per heavy atom. The summed E-state index contributed by atoms with van der Waals surface area (Å²) in [7, 11) is 3.13. The van der Waals surface area contributed by atoms with E-state index < -0.39 is 11.9 Å². The van der Waals surface area contributed by atoms with Crippen LogP contribution in [0.1, 0.15) is 36.8 Å². The Balaban J connectivity index is 2.11. The molecule has 0 bridgehead atoms. The van der Waals surface area contributed by atoms with Crippen LogP contribution in [0.3, 0.4) is 0 Å². The van der Waals surface area contributed by atoms with E-state index in [0.29, 0.717) is 59.7 Å². The van der Waals surface area contributed by atoms with Crippen LogP contribution in [0.4, 0.5) is 0 Å². The summed E-state index contributed by atoms with van der Waals surface area (Å²) >= 11 is 0. The second-order valence-corrected chi connectivity index (χ2v) is 6.95. The number of ether oxygens (including phenoxy) is 2. The molecule has 0 saturated carbocycles. The average molecular weight is 465 g/mol. The van der Waals surface area contributed by atoms with Gasteiger partial charge in [-0.3, -0.25) is 0 Å². The maximum absolute atomic E-state index is 12.2. The third-order valence-corrected chi connectivity index (χ3v) is 4.66. The highest BCUT2D eigenvalue weighted by Gasteiger charge is 2.20. The Hall–Kier alpha value is -4.20. The second kappa shape index (κ2) is 14.1. The van der Waals surface area contributed by atoms with Crippen LogP contribution in [-0.2, 0) is 19.3 Å². The lowest BCUT2D eigenvalue weighted by Crippen LogP contribution is -2.18. The maximum atomic E-state index is 12.2. The predicted molar refractivity (Wildman–Crippen MR) is 130 cm³/mol. The lowest BCUT2D eigenvalue weighted by molar-refractivity contribution is -0.167. The fourth-order valence-corrected chi connectivity index (χ4v) is 2.80. The van der Waals surface area contributed by atoms with Crippen LogP contribution in [0.2, 0.25) is 0 Å². The van der Waals surface area contributed by atoms with Gasteiger partial charge in [-0.15, -0.1) is 13.2 Å². The quantitative estimate of drug-likeness (QED) is 0.147. The summed E-state index contributed by atoms with van der Waals surface area (Å²) in [6, 6.07) is 14.1. The van der Waals surface area contributed by atoms with Gasteiger partial charge in [-0.05, 0) is 85.3 Å². The van der Waals surface area contributed by atoms with Crippen LogP contribution in [0.5, 0.6) is 11.5 Å². The lowest BCUT2D eigenvalue weighted by Gasteiger charge is -2.07. The monoisotopic (exact) mass is 464 g/mol. The van der Waals surface area contributed by atoms with Gasteiger partial charge < -0.3 is 19.1 Å². The molecular weight excluding hydrogens is 436 g/mol. The number of oxime groups is 2. The van der Waals surface area contributed by atoms with Gasteiger partial charge in [0.05, 0.1) is 25.6 Å². The van der Waals surface area contributed by atoms with E-state index in [0.717, 1.165) is 0 Å². The molecule has 0 atom stereocenters. The van der Waals surface area contributed by atoms with Gasteiger partial charge in [-0.25, -0.2) is 9.59 Å². The van der Waals surface area contributed by atoms with E-state index in [2.05, 4.69) is 23.5 Å². The zero-order valence-electron chi connectivity index (χ0n) is 19.4. The molecule has 0 aromatic heterocycles. The highest BCUT2D eigenvalue weighted by atomic mass is 16.7. The summed E-state index contributed by atoms with van der Waals surface area (Å²) in [5, 5.41) is 7.73. The summed E-state index contributed by atoms with van der Waals surface area (Å²) in [6.45, 7) is 7.38. The third-order valence-electron chi connectivity index (χ3n) is 4.66. The first-order valence-corrected chi connectivity index (χ1v) is 10.6. The molecule has 2 rings (SSSR count). The molecule has 0 aliphatic carbocycles. The molecule has 0 N–H and O–H groups in total. The minimum atomic E-state index is -1.29. The predicted octanol–water partition coefficient (Wildman–Crippen LogP) is 4.83. The van der Waals surface area contributed by atoms with Crippen LogP contribution < -0.4 is 9.47 Å². The van der Waals surface area contributed by atoms with E-state index in [-0.39, 0.29) is 0 Å². The molecule has 0 aliphatic heterocycles. The molecular formula is C26H28N2O6. The number of hydrogen-bond acceptors (Lipinski definition) is 8. The van der Waals surface area contributed by atoms with Crippen molar-refractivity contribution < 1.29 is 28.7 Å². The number of rotatable bonds is 12. The van der Waals surface area contributed by atoms with Gasteiger partial charge in [0.1, 0.15) is 11.5 Å². The summed E-state index contributed by atoms with van der Waals surface area (Å²) in [5.41, 5.74) is 2.37. The molecule has 0 amide bonds. The number of nitrogens with zero attached hydrogens (tertiary/aromatic N) is 2. The first-order valence-electron chi connectivity index (χ1n) is 10.6. The van der Waals surface area contributed by atoms with Gasteiger partial charge in [0, 0.05) is 0 Å². The van der Waals surface area contributed by atoms with Crippen LogP contribution >= 0.6 is 0 Å². The average Bonchev–Trinajstić information content (AvgIpc) is 2.88. The normalized spacial score (nSPS) is 11.4. The SMILES string of the molecule is C=CCC/C(=N\OC(=O)C(=O)O/N=C(\CCC=C)c1ccc(OC)cc1)c1ccc(OC)cc1. The van der Waals surface area contributed by atoms with Crippen LogP contribution in [0, 0.1) is 0 Å². The first-order chi connectivity index (χ1) is 16.5. The molecule has 0 fully saturated rings. The molecule has 178 valence electrons. The van der Waals surface area contributed by atoms with E-state index in [1.165, 1.54) is 0 Å². The standard InChI is InChI=1S/C26H28N2O6/c1-5-7-9-23(19-11-15-21(31-3)16-12-19)27-33-25(29)26(30)34-28-24(10-8-6-2)20-13-17-22(32-4)18-14-20/h5-6,11-18H,1-2,7-10H2,3-4H3/b27-23+,28-24+. The summed E-state index contributed by atoms with van der Waals surface area (Å²) in [5.74, 6) is -1.22. The zero-order chi connectivity index (χ0) is 24.8. The number of carbonyl (C=O) groups excluding carboxylic acids is 2. The maximum Gasteiger partial charge on any atom is 0.445 e. The number of methoxy groups -OCH3 is 2. The molecule has 0 radical (unpaired) electrons. The van der Waals surface area contributed by atoms with Crippen molar-refractivity contribution in [1.29, 1.82) is 0 Å². The van der Waals surface area contributed by atoms with Gasteiger partial charge >= 0.3 is 11.9 Å². The molecule has 0 heterocycles. The van der Waals surface area contributed by atoms with Crippen LogP contribution in [0.25, 0.3) is 0 Å². The van der Waals surface area contributed by atoms with E-state index >= 15 is 0 Å². The Bertz CT molecular complexity index is 954. The first kappa shape index (κ1) is 26.1. The molecule has 2 aromatic carbocycles. The number of hydrogen-bond donors (Lipinski definition) is 0. The number of carbonyl (C=O) groups is 2. The van der Waals surface area contributed by atoms with Gasteiger partial charge in [0.15, 0.2) is 0 Å². The highest BCUT2D eigenvalue weighted by molar-refractivity contribution is 6.29. The van der Waals surface area contributed by atoms with Crippen LogP contribution in [0.15, 0.2) is 84.2 Å². The van der Waals surface area contributed by atoms with Crippen molar-refractivity contribution in [3.05, 3.63) is 85.0 Å². The van der Waals surface area contributed by atoms with Crippen molar-refractivity contribution in [3.8, 4) is 11.5 Å². The Morgan fingerprint density at radius 3 is 1.35 bits per heavy atom. The summed E-state index contributed by atoms with van der Waals surface area (Å²) < 4.78 is 10.3.